The van der Waals surface area contributed by atoms with Crippen molar-refractivity contribution < 1.29 is 23.0 Å². The van der Waals surface area contributed by atoms with E-state index in [2.05, 4.69) is 15.2 Å². The summed E-state index contributed by atoms with van der Waals surface area (Å²) in [5.74, 6) is -0.380. The molecule has 3 heterocycles. The van der Waals surface area contributed by atoms with Gasteiger partial charge in [0.05, 0.1) is 29.0 Å². The zero-order valence-corrected chi connectivity index (χ0v) is 15.9. The first kappa shape index (κ1) is 19.6. The third kappa shape index (κ3) is 3.76. The molecule has 29 heavy (non-hydrogen) atoms. The fourth-order valence-electron chi connectivity index (χ4n) is 4.02. The van der Waals surface area contributed by atoms with Crippen molar-refractivity contribution in [3.05, 3.63) is 47.8 Å². The van der Waals surface area contributed by atoms with E-state index in [-0.39, 0.29) is 23.7 Å². The second-order valence-electron chi connectivity index (χ2n) is 7.49. The maximum atomic E-state index is 12.9. The van der Waals surface area contributed by atoms with E-state index < -0.39 is 17.5 Å². The second-order valence-corrected chi connectivity index (χ2v) is 7.49. The molecule has 5 nitrogen and oxygen atoms in total. The van der Waals surface area contributed by atoms with Crippen LogP contribution in [0.15, 0.2) is 36.5 Å². The molecule has 0 amide bonds. The third-order valence-electron chi connectivity index (χ3n) is 5.23. The normalized spacial score (nSPS) is 22.7. The van der Waals surface area contributed by atoms with Gasteiger partial charge in [0.1, 0.15) is 11.4 Å². The summed E-state index contributed by atoms with van der Waals surface area (Å²) in [4.78, 5) is 4.47. The van der Waals surface area contributed by atoms with Crippen LogP contribution >= 0.6 is 0 Å². The number of fused-ring (bicyclic) bond motifs is 1. The number of halogens is 3. The first-order chi connectivity index (χ1) is 13.7. The monoisotopic (exact) mass is 403 g/mol. The van der Waals surface area contributed by atoms with Crippen molar-refractivity contribution in [3.63, 3.8) is 0 Å². The maximum absolute atomic E-state index is 12.9. The van der Waals surface area contributed by atoms with Crippen molar-refractivity contribution in [3.8, 4) is 17.0 Å². The molecular formula is C21H20F3N3O2. The van der Waals surface area contributed by atoms with Gasteiger partial charge in [0.25, 0.3) is 0 Å². The van der Waals surface area contributed by atoms with Gasteiger partial charge in [0, 0.05) is 23.1 Å². The number of hydrogen-bond acceptors (Lipinski definition) is 5. The summed E-state index contributed by atoms with van der Waals surface area (Å²) < 4.78 is 44.6. The number of nitrogens with zero attached hydrogens (tertiary/aromatic N) is 3. The minimum absolute atomic E-state index is 0.0861. The molecule has 1 fully saturated rings. The molecule has 1 unspecified atom stereocenters. The largest absolute Gasteiger partial charge is 0.507 e. The molecule has 0 saturated carbocycles. The van der Waals surface area contributed by atoms with Gasteiger partial charge in [-0.3, -0.25) is 4.98 Å². The third-order valence-corrected chi connectivity index (χ3v) is 5.23. The van der Waals surface area contributed by atoms with E-state index in [1.165, 1.54) is 6.07 Å². The van der Waals surface area contributed by atoms with Gasteiger partial charge in [-0.1, -0.05) is 0 Å². The Hall–Kier alpha value is -2.74. The van der Waals surface area contributed by atoms with Gasteiger partial charge in [-0.05, 0) is 57.0 Å². The van der Waals surface area contributed by atoms with E-state index in [9.17, 15) is 18.3 Å². The fourth-order valence-corrected chi connectivity index (χ4v) is 4.02. The summed E-state index contributed by atoms with van der Waals surface area (Å²) in [6, 6.07) is 6.36. The molecule has 3 aromatic rings. The van der Waals surface area contributed by atoms with E-state index in [1.807, 2.05) is 13.8 Å². The van der Waals surface area contributed by atoms with Gasteiger partial charge in [0.2, 0.25) is 0 Å². The zero-order chi connectivity index (χ0) is 20.8. The lowest BCUT2D eigenvalue weighted by atomic mass is 9.88. The Morgan fingerprint density at radius 1 is 1.07 bits per heavy atom. The average molecular weight is 403 g/mol. The SMILES string of the molecule is C[C@@H]1CC(c2nnc(-c3ccc(C(F)(F)F)cc3O)c3cccnc23)C[C@H](C)O1. The van der Waals surface area contributed by atoms with Gasteiger partial charge in [-0.25, -0.2) is 0 Å². The minimum Gasteiger partial charge on any atom is -0.507 e. The average Bonchev–Trinajstić information content (AvgIpc) is 2.66. The molecule has 1 N–H and O–H groups in total. The highest BCUT2D eigenvalue weighted by Gasteiger charge is 2.32. The Morgan fingerprint density at radius 2 is 1.79 bits per heavy atom. The first-order valence-electron chi connectivity index (χ1n) is 9.41. The van der Waals surface area contributed by atoms with Crippen molar-refractivity contribution in [2.24, 2.45) is 0 Å². The minimum atomic E-state index is -4.54. The Kier molecular flexibility index (Phi) is 4.90. The number of phenolic OH excluding ortho intramolecular Hbond substituents is 1. The molecule has 152 valence electrons. The van der Waals surface area contributed by atoms with Crippen LogP contribution in [0.3, 0.4) is 0 Å². The number of phenols is 1. The van der Waals surface area contributed by atoms with Gasteiger partial charge in [-0.15, -0.1) is 5.10 Å². The molecule has 0 aliphatic carbocycles. The van der Waals surface area contributed by atoms with Crippen LogP contribution in [0.5, 0.6) is 5.75 Å². The Bertz CT molecular complexity index is 1050. The van der Waals surface area contributed by atoms with Crippen molar-refractivity contribution in [1.29, 1.82) is 0 Å². The van der Waals surface area contributed by atoms with Crippen molar-refractivity contribution in [1.82, 2.24) is 15.2 Å². The van der Waals surface area contributed by atoms with E-state index in [1.54, 1.807) is 18.3 Å². The topological polar surface area (TPSA) is 68.1 Å². The summed E-state index contributed by atoms with van der Waals surface area (Å²) >= 11 is 0. The molecule has 2 aromatic heterocycles. The molecule has 0 radical (unpaired) electrons. The van der Waals surface area contributed by atoms with Gasteiger partial charge in [-0.2, -0.15) is 18.3 Å². The van der Waals surface area contributed by atoms with Gasteiger partial charge < -0.3 is 9.84 Å². The zero-order valence-electron chi connectivity index (χ0n) is 15.9. The number of hydrogen-bond donors (Lipinski definition) is 1. The Labute approximate surface area is 165 Å². The van der Waals surface area contributed by atoms with E-state index in [0.717, 1.165) is 24.6 Å². The smallest absolute Gasteiger partial charge is 0.416 e. The number of aromatic nitrogens is 3. The Morgan fingerprint density at radius 3 is 2.45 bits per heavy atom. The van der Waals surface area contributed by atoms with Crippen molar-refractivity contribution >= 4 is 10.9 Å². The van der Waals surface area contributed by atoms with Crippen LogP contribution in [0.4, 0.5) is 13.2 Å². The Balaban J connectivity index is 1.82. The predicted octanol–water partition coefficient (Wildman–Crippen LogP) is 5.09. The molecular weight excluding hydrogens is 383 g/mol. The molecule has 4 rings (SSSR count). The quantitative estimate of drug-likeness (QED) is 0.646. The van der Waals surface area contributed by atoms with Crippen LogP contribution in [-0.4, -0.2) is 32.5 Å². The van der Waals surface area contributed by atoms with Crippen molar-refractivity contribution in [2.75, 3.05) is 0 Å². The summed E-state index contributed by atoms with van der Waals surface area (Å²) in [5, 5.41) is 19.6. The summed E-state index contributed by atoms with van der Waals surface area (Å²) in [6.07, 6.45) is -1.14. The maximum Gasteiger partial charge on any atom is 0.416 e. The van der Waals surface area contributed by atoms with Crippen LogP contribution in [0, 0.1) is 0 Å². The standard InChI is InChI=1S/C21H20F3N3O2/c1-11-8-13(9-12(2)29-11)18-20-16(4-3-7-25-20)19(27-26-18)15-6-5-14(10-17(15)28)21(22,23)24/h3-7,10-13,28H,8-9H2,1-2H3/t11-,12+,13?. The fraction of sp³-hybridized carbons (Fsp3) is 0.381. The molecule has 0 spiro atoms. The molecule has 3 atom stereocenters. The number of ether oxygens (including phenoxy) is 1. The lowest BCUT2D eigenvalue weighted by molar-refractivity contribution is -0.137. The summed E-state index contributed by atoms with van der Waals surface area (Å²) in [6.45, 7) is 4.03. The highest BCUT2D eigenvalue weighted by molar-refractivity contribution is 5.94. The molecule has 1 aromatic carbocycles. The van der Waals surface area contributed by atoms with E-state index in [4.69, 9.17) is 4.74 Å². The van der Waals surface area contributed by atoms with Crippen LogP contribution in [0.2, 0.25) is 0 Å². The summed E-state index contributed by atoms with van der Waals surface area (Å²) in [5.41, 5.74) is 0.955. The lowest BCUT2D eigenvalue weighted by Gasteiger charge is -2.31. The lowest BCUT2D eigenvalue weighted by Crippen LogP contribution is -2.28. The number of pyridine rings is 1. The molecule has 1 aliphatic rings. The molecule has 0 bridgehead atoms. The number of rotatable bonds is 2. The molecule has 1 saturated heterocycles. The number of benzene rings is 1. The predicted molar refractivity (Wildman–Crippen MR) is 101 cm³/mol. The van der Waals surface area contributed by atoms with Crippen molar-refractivity contribution in [2.45, 2.75) is 51.0 Å². The van der Waals surface area contributed by atoms with E-state index in [0.29, 0.717) is 22.7 Å². The van der Waals surface area contributed by atoms with Crippen LogP contribution < -0.4 is 0 Å². The first-order valence-corrected chi connectivity index (χ1v) is 9.41. The van der Waals surface area contributed by atoms with Gasteiger partial charge in [0.15, 0.2) is 0 Å². The van der Waals surface area contributed by atoms with Gasteiger partial charge >= 0.3 is 6.18 Å². The number of alkyl halides is 3. The summed E-state index contributed by atoms with van der Waals surface area (Å²) in [7, 11) is 0. The highest BCUT2D eigenvalue weighted by Crippen LogP contribution is 2.40. The van der Waals surface area contributed by atoms with Crippen LogP contribution in [0.25, 0.3) is 22.2 Å². The number of aromatic hydroxyl groups is 1. The molecule has 1 aliphatic heterocycles. The molecule has 8 heteroatoms. The second kappa shape index (κ2) is 7.26. The van der Waals surface area contributed by atoms with E-state index >= 15 is 0 Å². The van der Waals surface area contributed by atoms with Crippen LogP contribution in [0.1, 0.15) is 43.9 Å². The van der Waals surface area contributed by atoms with Crippen LogP contribution in [-0.2, 0) is 10.9 Å². The highest BCUT2D eigenvalue weighted by atomic mass is 19.4.